The minimum absolute atomic E-state index is 0.0237. The molecule has 6 rings (SSSR count). The molecule has 0 aliphatic heterocycles. The number of carbonyl (C=O) groups is 7. The number of likely N-dealkylation sites (N-methyl/N-ethyl adjacent to an activating group) is 1. The van der Waals surface area contributed by atoms with Gasteiger partial charge in [-0.15, -0.1) is 0 Å². The second-order valence-electron chi connectivity index (χ2n) is 19.8. The van der Waals surface area contributed by atoms with Crippen LogP contribution in [-0.4, -0.2) is 197 Å². The maximum atomic E-state index is 14.5. The number of H-pyrrole nitrogens is 3. The molecule has 21 nitrogen and oxygen atoms in total. The standard InChI is InChI=1S/C58H80N14O7/c1-5-24-62-51(73)36-71(30-22-43-33-65-49-19-12-9-16-46(43)49)57(79)39-69(28-7-3)56(78)41-72(31-23-44-34-66-50-20-13-10-17-47(44)50)54(76)37-67(4)53(75)38-68(27-6-2)55(77)40-70(29-14-25-63-58(59)60)52(74)35-61-26-21-42-32-64-48-18-11-8-15-45(42)48/h8-13,15-20,32-34,61,64-66H,5-7,14,21-31,35-41H2,1-4H3,(H,62,73)(H4,59,60,63). The van der Waals surface area contributed by atoms with Crippen LogP contribution >= 0.6 is 0 Å². The summed E-state index contributed by atoms with van der Waals surface area (Å²) in [5.41, 5.74) is 17.0. The zero-order valence-corrected chi connectivity index (χ0v) is 46.4. The lowest BCUT2D eigenvalue weighted by Crippen LogP contribution is -2.52. The zero-order chi connectivity index (χ0) is 56.7. The molecule has 0 aliphatic carbocycles. The first-order valence-electron chi connectivity index (χ1n) is 27.5. The van der Waals surface area contributed by atoms with E-state index in [2.05, 4.69) is 30.6 Å². The van der Waals surface area contributed by atoms with E-state index in [1.807, 2.05) is 112 Å². The van der Waals surface area contributed by atoms with Crippen molar-refractivity contribution in [2.75, 3.05) is 105 Å². The van der Waals surface area contributed by atoms with Crippen molar-refractivity contribution in [3.63, 3.8) is 0 Å². The molecule has 0 unspecified atom stereocenters. The highest BCUT2D eigenvalue weighted by atomic mass is 16.2. The van der Waals surface area contributed by atoms with Crippen LogP contribution < -0.4 is 22.1 Å². The molecule has 3 heterocycles. The maximum absolute atomic E-state index is 14.5. The van der Waals surface area contributed by atoms with Crippen LogP contribution in [0.5, 0.6) is 0 Å². The van der Waals surface area contributed by atoms with Crippen LogP contribution in [0, 0.1) is 0 Å². The van der Waals surface area contributed by atoms with E-state index in [1.165, 1.54) is 36.4 Å². The topological polar surface area (TPSA) is 275 Å². The van der Waals surface area contributed by atoms with Gasteiger partial charge in [0, 0.05) is 104 Å². The van der Waals surface area contributed by atoms with Gasteiger partial charge >= 0.3 is 0 Å². The number of carbonyl (C=O) groups excluding carboxylic acids is 7. The Morgan fingerprint density at radius 1 is 0.481 bits per heavy atom. The van der Waals surface area contributed by atoms with E-state index in [0.29, 0.717) is 51.6 Å². The van der Waals surface area contributed by atoms with Gasteiger partial charge in [-0.25, -0.2) is 0 Å². The zero-order valence-electron chi connectivity index (χ0n) is 46.4. The number of para-hydroxylation sites is 3. The molecular formula is C58H80N14O7. The number of amides is 7. The van der Waals surface area contributed by atoms with Gasteiger partial charge in [-0.1, -0.05) is 75.4 Å². The van der Waals surface area contributed by atoms with Crippen molar-refractivity contribution in [2.24, 2.45) is 16.5 Å². The molecule has 6 aromatic rings. The summed E-state index contributed by atoms with van der Waals surface area (Å²) in [6.45, 7) is 5.92. The summed E-state index contributed by atoms with van der Waals surface area (Å²) in [6.07, 6.45) is 9.40. The quantitative estimate of drug-likeness (QED) is 0.0179. The molecule has 21 heteroatoms. The van der Waals surface area contributed by atoms with Crippen molar-refractivity contribution >= 4 is 80.0 Å². The van der Waals surface area contributed by atoms with Crippen LogP contribution in [0.3, 0.4) is 0 Å². The highest BCUT2D eigenvalue weighted by Crippen LogP contribution is 2.21. The number of aliphatic imine (C=N–C) groups is 1. The summed E-state index contributed by atoms with van der Waals surface area (Å²) >= 11 is 0. The Kier molecular flexibility index (Phi) is 23.3. The number of nitrogens with one attached hydrogen (secondary N) is 5. The number of aromatic nitrogens is 3. The Morgan fingerprint density at radius 3 is 1.37 bits per heavy atom. The summed E-state index contributed by atoms with van der Waals surface area (Å²) in [5.74, 6) is -3.04. The number of hydrogen-bond acceptors (Lipinski definition) is 9. The number of nitrogens with zero attached hydrogens (tertiary/aromatic N) is 7. The van der Waals surface area contributed by atoms with E-state index in [4.69, 9.17) is 11.5 Å². The second kappa shape index (κ2) is 30.7. The predicted octanol–water partition coefficient (Wildman–Crippen LogP) is 3.36. The van der Waals surface area contributed by atoms with Crippen LogP contribution in [0.2, 0.25) is 0 Å². The molecule has 3 aromatic carbocycles. The minimum Gasteiger partial charge on any atom is -0.370 e. The molecule has 0 spiro atoms. The molecule has 0 saturated heterocycles. The average Bonchev–Trinajstić information content (AvgIpc) is 4.20. The summed E-state index contributed by atoms with van der Waals surface area (Å²) in [5, 5.41) is 9.17. The first-order chi connectivity index (χ1) is 38.2. The molecule has 79 heavy (non-hydrogen) atoms. The number of hydrogen-bond donors (Lipinski definition) is 7. The Balaban J connectivity index is 1.12. The lowest BCUT2D eigenvalue weighted by molar-refractivity contribution is -0.147. The molecule has 0 radical (unpaired) electrons. The first-order valence-corrected chi connectivity index (χ1v) is 27.5. The number of benzene rings is 3. The normalized spacial score (nSPS) is 11.1. The fraction of sp³-hybridized carbons (Fsp3) is 0.448. The summed E-state index contributed by atoms with van der Waals surface area (Å²) < 4.78 is 0. The van der Waals surface area contributed by atoms with Crippen molar-refractivity contribution in [3.05, 3.63) is 108 Å². The number of rotatable bonds is 33. The van der Waals surface area contributed by atoms with Crippen molar-refractivity contribution in [1.29, 1.82) is 0 Å². The molecule has 0 bridgehead atoms. The van der Waals surface area contributed by atoms with E-state index >= 15 is 0 Å². The van der Waals surface area contributed by atoms with E-state index in [0.717, 1.165) is 55.8 Å². The lowest BCUT2D eigenvalue weighted by Gasteiger charge is -2.31. The largest absolute Gasteiger partial charge is 0.370 e. The average molecular weight is 1090 g/mol. The molecule has 424 valence electrons. The predicted molar refractivity (Wildman–Crippen MR) is 309 cm³/mol. The van der Waals surface area contributed by atoms with Gasteiger partial charge in [0.2, 0.25) is 41.4 Å². The van der Waals surface area contributed by atoms with Crippen LogP contribution in [0.15, 0.2) is 96.4 Å². The van der Waals surface area contributed by atoms with E-state index in [9.17, 15) is 33.6 Å². The Bertz CT molecular complexity index is 3010. The summed E-state index contributed by atoms with van der Waals surface area (Å²) in [6, 6.07) is 23.6. The number of aromatic amines is 3. The fourth-order valence-corrected chi connectivity index (χ4v) is 9.48. The highest BCUT2D eigenvalue weighted by molar-refractivity contribution is 5.93. The molecule has 0 aliphatic rings. The molecule has 9 N–H and O–H groups in total. The molecule has 3 aromatic heterocycles. The van der Waals surface area contributed by atoms with Crippen LogP contribution in [-0.2, 0) is 52.8 Å². The number of fused-ring (bicyclic) bond motifs is 3. The van der Waals surface area contributed by atoms with Crippen LogP contribution in [0.1, 0.15) is 63.1 Å². The Labute approximate surface area is 462 Å². The third-order valence-electron chi connectivity index (χ3n) is 13.8. The number of nitrogens with two attached hydrogens (primary N) is 2. The van der Waals surface area contributed by atoms with Crippen molar-refractivity contribution in [2.45, 2.75) is 65.7 Å². The van der Waals surface area contributed by atoms with Gasteiger partial charge in [-0.05, 0) is 86.4 Å². The van der Waals surface area contributed by atoms with Crippen molar-refractivity contribution in [3.8, 4) is 0 Å². The first kappa shape index (κ1) is 60.0. The third-order valence-corrected chi connectivity index (χ3v) is 13.8. The molecular weight excluding hydrogens is 1000 g/mol. The van der Waals surface area contributed by atoms with Gasteiger partial charge in [-0.2, -0.15) is 0 Å². The number of guanidine groups is 1. The minimum atomic E-state index is -0.517. The SMILES string of the molecule is CCCNC(=O)CN(CCc1c[nH]c2ccccc12)C(=O)CN(CCC)C(=O)CN(CCc1c[nH]c2ccccc12)C(=O)CN(C)C(=O)CN(CCC)C(=O)CN(CCCN=C(N)N)C(=O)CNCCc1c[nH]c2ccccc12. The van der Waals surface area contributed by atoms with Gasteiger partial charge in [0.05, 0.1) is 45.8 Å². The smallest absolute Gasteiger partial charge is 0.242 e. The van der Waals surface area contributed by atoms with Crippen molar-refractivity contribution < 1.29 is 33.6 Å². The van der Waals surface area contributed by atoms with Crippen LogP contribution in [0.25, 0.3) is 32.7 Å². The molecule has 7 amide bonds. The maximum Gasteiger partial charge on any atom is 0.242 e. The molecule has 0 saturated carbocycles. The Morgan fingerprint density at radius 2 is 0.899 bits per heavy atom. The van der Waals surface area contributed by atoms with Gasteiger partial charge in [0.15, 0.2) is 5.96 Å². The fourth-order valence-electron chi connectivity index (χ4n) is 9.48. The summed E-state index contributed by atoms with van der Waals surface area (Å²) in [4.78, 5) is 120. The second-order valence-corrected chi connectivity index (χ2v) is 19.8. The Hall–Kier alpha value is -8.20. The molecule has 0 fully saturated rings. The van der Waals surface area contributed by atoms with Gasteiger partial charge in [-0.3, -0.25) is 38.6 Å². The van der Waals surface area contributed by atoms with E-state index < -0.39 is 36.1 Å². The van der Waals surface area contributed by atoms with Gasteiger partial charge < -0.3 is 66.5 Å². The third kappa shape index (κ3) is 17.9. The lowest BCUT2D eigenvalue weighted by atomic mass is 10.1. The van der Waals surface area contributed by atoms with Crippen LogP contribution in [0.4, 0.5) is 0 Å². The van der Waals surface area contributed by atoms with Crippen molar-refractivity contribution in [1.82, 2.24) is 55.0 Å². The monoisotopic (exact) mass is 1080 g/mol. The summed E-state index contributed by atoms with van der Waals surface area (Å²) in [7, 11) is 1.47. The van der Waals surface area contributed by atoms with Gasteiger partial charge in [0.25, 0.3) is 0 Å². The van der Waals surface area contributed by atoms with Gasteiger partial charge in [0.1, 0.15) is 0 Å². The molecule has 0 atom stereocenters. The van der Waals surface area contributed by atoms with E-state index in [-0.39, 0.29) is 96.3 Å². The highest BCUT2D eigenvalue weighted by Gasteiger charge is 2.29. The van der Waals surface area contributed by atoms with E-state index in [1.54, 1.807) is 0 Å².